The second-order valence-corrected chi connectivity index (χ2v) is 9.66. The van der Waals surface area contributed by atoms with Crippen LogP contribution in [-0.2, 0) is 35.0 Å². The monoisotopic (exact) mass is 596 g/mol. The van der Waals surface area contributed by atoms with Gasteiger partial charge < -0.3 is 45.3 Å². The first-order valence-corrected chi connectivity index (χ1v) is 12.8. The van der Waals surface area contributed by atoms with Gasteiger partial charge in [-0.2, -0.15) is 0 Å². The number of hydrogen-bond acceptors (Lipinski definition) is 11. The fourth-order valence-electron chi connectivity index (χ4n) is 4.49. The van der Waals surface area contributed by atoms with Crippen molar-refractivity contribution in [2.45, 2.75) is 55.6 Å². The van der Waals surface area contributed by atoms with Crippen LogP contribution in [0.5, 0.6) is 0 Å². The summed E-state index contributed by atoms with van der Waals surface area (Å²) < 4.78 is 22.9. The summed E-state index contributed by atoms with van der Waals surface area (Å²) in [6.07, 6.45) is -10.2. The summed E-state index contributed by atoms with van der Waals surface area (Å²) in [6, 6.07) is 8.10. The molecule has 0 saturated carbocycles. The number of amides is 2. The van der Waals surface area contributed by atoms with Crippen LogP contribution in [0.4, 0.5) is 0 Å². The van der Waals surface area contributed by atoms with E-state index in [1.165, 1.54) is 7.11 Å². The van der Waals surface area contributed by atoms with Crippen molar-refractivity contribution in [2.75, 3.05) is 13.7 Å². The van der Waals surface area contributed by atoms with Crippen molar-refractivity contribution < 1.29 is 43.9 Å². The molecule has 0 radical (unpaired) electrons. The van der Waals surface area contributed by atoms with E-state index in [-0.39, 0.29) is 6.54 Å². The maximum atomic E-state index is 12.7. The predicted molar refractivity (Wildman–Crippen MR) is 139 cm³/mol. The maximum Gasteiger partial charge on any atom is 0.330 e. The second kappa shape index (κ2) is 12.9. The number of hydrogen-bond donors (Lipinski definition) is 6. The van der Waals surface area contributed by atoms with Gasteiger partial charge in [0.15, 0.2) is 18.1 Å². The molecule has 2 aromatic rings. The number of aliphatic hydroxyl groups is 3. The van der Waals surface area contributed by atoms with Gasteiger partial charge in [0.25, 0.3) is 11.5 Å². The number of aliphatic hydroxyl groups excluding tert-OH is 3. The summed E-state index contributed by atoms with van der Waals surface area (Å²) in [5.41, 5.74) is 4.74. The number of carbonyl (C=O) groups excluding carboxylic acids is 2. The zero-order chi connectivity index (χ0) is 29.8. The molecule has 1 aromatic carbocycles. The van der Waals surface area contributed by atoms with Crippen LogP contribution < -0.4 is 22.3 Å². The molecule has 15 nitrogen and oxygen atoms in total. The molecule has 2 aliphatic rings. The van der Waals surface area contributed by atoms with Crippen molar-refractivity contribution in [2.24, 2.45) is 5.73 Å². The van der Waals surface area contributed by atoms with Crippen molar-refractivity contribution in [3.05, 3.63) is 79.8 Å². The maximum absolute atomic E-state index is 12.7. The van der Waals surface area contributed by atoms with Gasteiger partial charge in [-0.15, -0.1) is 0 Å². The standard InChI is InChI=1S/C25H29ClN4O11/c1-38-18-17(34)23(30-9-7-15(32)29-25(30)37)40-19(18)20(21(27)35)41-24-16(33)13(31)10-14(39-24)22(36)28-8-6-11-4-2-3-5-12(11)26/h2-5,7,9-10,13,16-20,23-24,31,33-34H,6,8H2,1H3,(H2,27,35)(H,28,36)(H,29,32,37)/t13-,16-,17+,18-,19-,20+,23+,24+/m0/s1. The van der Waals surface area contributed by atoms with Gasteiger partial charge in [-0.25, -0.2) is 4.79 Å². The molecule has 2 aliphatic heterocycles. The van der Waals surface area contributed by atoms with Crippen LogP contribution in [-0.4, -0.2) is 93.3 Å². The molecule has 0 spiro atoms. The number of halogens is 1. The minimum Gasteiger partial charge on any atom is -0.456 e. The number of nitrogens with two attached hydrogens (primary N) is 1. The Morgan fingerprint density at radius 1 is 1.20 bits per heavy atom. The lowest BCUT2D eigenvalue weighted by Crippen LogP contribution is -2.54. The number of ether oxygens (including phenoxy) is 4. The predicted octanol–water partition coefficient (Wildman–Crippen LogP) is -2.35. The SMILES string of the molecule is CO[C@H]1[C@@H](O)[C@H](n2ccc(=O)[nH]c2=O)O[C@@H]1[C@@H](O[C@H]1OC(C(=O)NCCc2ccccc2Cl)=C[C@H](O)[C@@H]1O)C(N)=O. The van der Waals surface area contributed by atoms with Crippen LogP contribution in [0.2, 0.25) is 5.02 Å². The average molecular weight is 597 g/mol. The fourth-order valence-corrected chi connectivity index (χ4v) is 4.72. The number of H-pyrrole nitrogens is 1. The molecule has 1 aromatic heterocycles. The van der Waals surface area contributed by atoms with Gasteiger partial charge in [-0.05, 0) is 24.1 Å². The highest BCUT2D eigenvalue weighted by Crippen LogP contribution is 2.34. The highest BCUT2D eigenvalue weighted by Gasteiger charge is 2.52. The quantitative estimate of drug-likeness (QED) is 0.170. The zero-order valence-corrected chi connectivity index (χ0v) is 22.3. The highest BCUT2D eigenvalue weighted by atomic mass is 35.5. The number of carbonyl (C=O) groups is 2. The van der Waals surface area contributed by atoms with Crippen LogP contribution in [0.1, 0.15) is 11.8 Å². The van der Waals surface area contributed by atoms with Crippen LogP contribution in [0, 0.1) is 0 Å². The summed E-state index contributed by atoms with van der Waals surface area (Å²) in [7, 11) is 1.20. The summed E-state index contributed by atoms with van der Waals surface area (Å²) in [5, 5.41) is 34.8. The molecule has 4 rings (SSSR count). The first-order valence-electron chi connectivity index (χ1n) is 12.4. The highest BCUT2D eigenvalue weighted by molar-refractivity contribution is 6.31. The van der Waals surface area contributed by atoms with E-state index in [2.05, 4.69) is 5.32 Å². The van der Waals surface area contributed by atoms with Crippen molar-refractivity contribution in [1.29, 1.82) is 0 Å². The Morgan fingerprint density at radius 3 is 2.59 bits per heavy atom. The Bertz CT molecular complexity index is 1410. The van der Waals surface area contributed by atoms with Gasteiger partial charge in [0.2, 0.25) is 12.2 Å². The van der Waals surface area contributed by atoms with E-state index < -0.39 is 78.0 Å². The topological polar surface area (TPSA) is 225 Å². The molecule has 8 atom stereocenters. The third-order valence-electron chi connectivity index (χ3n) is 6.56. The van der Waals surface area contributed by atoms with Crippen molar-refractivity contribution in [3.63, 3.8) is 0 Å². The van der Waals surface area contributed by atoms with E-state index in [0.29, 0.717) is 11.4 Å². The molecule has 0 unspecified atom stereocenters. The molecule has 1 fully saturated rings. The summed E-state index contributed by atoms with van der Waals surface area (Å²) in [4.78, 5) is 50.9. The molecular weight excluding hydrogens is 568 g/mol. The fraction of sp³-hybridized carbons (Fsp3) is 0.440. The minimum absolute atomic E-state index is 0.159. The molecule has 0 bridgehead atoms. The number of nitrogens with one attached hydrogen (secondary N) is 2. The Hall–Kier alpha value is -3.57. The molecule has 1 saturated heterocycles. The minimum atomic E-state index is -1.79. The Balaban J connectivity index is 1.47. The van der Waals surface area contributed by atoms with Crippen LogP contribution in [0.15, 0.2) is 58.0 Å². The number of primary amides is 1. The molecule has 7 N–H and O–H groups in total. The Labute approximate surface area is 237 Å². The van der Waals surface area contributed by atoms with E-state index in [0.717, 1.165) is 28.5 Å². The van der Waals surface area contributed by atoms with Crippen molar-refractivity contribution in [3.8, 4) is 0 Å². The van der Waals surface area contributed by atoms with Gasteiger partial charge in [-0.1, -0.05) is 29.8 Å². The van der Waals surface area contributed by atoms with E-state index in [9.17, 15) is 34.5 Å². The van der Waals surface area contributed by atoms with Gasteiger partial charge in [-0.3, -0.25) is 23.9 Å². The third-order valence-corrected chi connectivity index (χ3v) is 6.93. The Morgan fingerprint density at radius 2 is 1.93 bits per heavy atom. The number of methoxy groups -OCH3 is 1. The van der Waals surface area contributed by atoms with Gasteiger partial charge in [0.1, 0.15) is 30.5 Å². The molecule has 16 heteroatoms. The lowest BCUT2D eigenvalue weighted by Gasteiger charge is -2.35. The number of rotatable bonds is 10. The number of aromatic nitrogens is 2. The lowest BCUT2D eigenvalue weighted by atomic mass is 10.0. The van der Waals surface area contributed by atoms with Gasteiger partial charge >= 0.3 is 5.69 Å². The molecule has 0 aliphatic carbocycles. The molecule has 222 valence electrons. The van der Waals surface area contributed by atoms with Crippen LogP contribution >= 0.6 is 11.6 Å². The molecule has 3 heterocycles. The van der Waals surface area contributed by atoms with E-state index >= 15 is 0 Å². The largest absolute Gasteiger partial charge is 0.456 e. The van der Waals surface area contributed by atoms with Crippen molar-refractivity contribution >= 4 is 23.4 Å². The smallest absolute Gasteiger partial charge is 0.330 e. The zero-order valence-electron chi connectivity index (χ0n) is 21.6. The van der Waals surface area contributed by atoms with E-state index in [1.54, 1.807) is 24.3 Å². The first-order chi connectivity index (χ1) is 19.5. The summed E-state index contributed by atoms with van der Waals surface area (Å²) >= 11 is 6.13. The summed E-state index contributed by atoms with van der Waals surface area (Å²) in [5.74, 6) is -2.28. The number of nitrogens with zero attached hydrogens (tertiary/aromatic N) is 1. The number of benzene rings is 1. The number of aromatic amines is 1. The van der Waals surface area contributed by atoms with E-state index in [4.69, 9.17) is 36.3 Å². The molecular formula is C25H29ClN4O11. The molecule has 41 heavy (non-hydrogen) atoms. The Kier molecular flexibility index (Phi) is 9.60. The van der Waals surface area contributed by atoms with Crippen LogP contribution in [0.3, 0.4) is 0 Å². The first kappa shape index (κ1) is 30.4. The van der Waals surface area contributed by atoms with Crippen LogP contribution in [0.25, 0.3) is 0 Å². The van der Waals surface area contributed by atoms with Gasteiger partial charge in [0, 0.05) is 30.9 Å². The normalized spacial score (nSPS) is 28.4. The average Bonchev–Trinajstić information content (AvgIpc) is 3.25. The van der Waals surface area contributed by atoms with Gasteiger partial charge in [0.05, 0.1) is 0 Å². The lowest BCUT2D eigenvalue weighted by molar-refractivity contribution is -0.241. The third kappa shape index (κ3) is 6.68. The molecule has 2 amide bonds. The second-order valence-electron chi connectivity index (χ2n) is 9.25. The summed E-state index contributed by atoms with van der Waals surface area (Å²) in [6.45, 7) is 0.159. The van der Waals surface area contributed by atoms with Crippen molar-refractivity contribution in [1.82, 2.24) is 14.9 Å². The van der Waals surface area contributed by atoms with E-state index in [1.807, 2.05) is 4.98 Å².